The van der Waals surface area contributed by atoms with Gasteiger partial charge in [-0.05, 0) is 23.8 Å². The second-order valence-corrected chi connectivity index (χ2v) is 4.25. The van der Waals surface area contributed by atoms with Gasteiger partial charge in [0.2, 0.25) is 0 Å². The van der Waals surface area contributed by atoms with E-state index in [0.29, 0.717) is 5.69 Å². The molecule has 0 saturated heterocycles. The van der Waals surface area contributed by atoms with Crippen LogP contribution < -0.4 is 0 Å². The number of aromatic nitrogens is 2. The molecule has 0 saturated carbocycles. The van der Waals surface area contributed by atoms with Gasteiger partial charge in [-0.25, -0.2) is 9.37 Å². The first-order chi connectivity index (χ1) is 8.81. The summed E-state index contributed by atoms with van der Waals surface area (Å²) in [5.41, 5.74) is 2.93. The molecule has 3 rings (SSSR count). The lowest BCUT2D eigenvalue weighted by Crippen LogP contribution is -2.00. The van der Waals surface area contributed by atoms with Crippen LogP contribution in [-0.2, 0) is 5.88 Å². The van der Waals surface area contributed by atoms with Gasteiger partial charge in [-0.15, -0.1) is 11.6 Å². The van der Waals surface area contributed by atoms with E-state index >= 15 is 0 Å². The Morgan fingerprint density at radius 3 is 2.78 bits per heavy atom. The lowest BCUT2D eigenvalue weighted by molar-refractivity contribution is 0.617. The number of imidazole rings is 1. The first kappa shape index (κ1) is 11.2. The highest BCUT2D eigenvalue weighted by atomic mass is 35.5. The first-order valence-electron chi connectivity index (χ1n) is 5.57. The molecule has 1 heterocycles. The van der Waals surface area contributed by atoms with Crippen molar-refractivity contribution in [2.45, 2.75) is 5.88 Å². The largest absolute Gasteiger partial charge is 0.296 e. The summed E-state index contributed by atoms with van der Waals surface area (Å²) < 4.78 is 15.8. The number of halogens is 2. The number of hydrogen-bond acceptors (Lipinski definition) is 1. The Kier molecular flexibility index (Phi) is 2.76. The summed E-state index contributed by atoms with van der Waals surface area (Å²) in [6.45, 7) is 0. The van der Waals surface area contributed by atoms with Gasteiger partial charge < -0.3 is 0 Å². The standard InChI is InChI=1S/C14H10ClFN2/c15-8-10-4-3-5-11(16)14(10)18-9-17-12-6-1-2-7-13(12)18/h1-7,9H,8H2. The highest BCUT2D eigenvalue weighted by Gasteiger charge is 2.12. The Hall–Kier alpha value is -1.87. The van der Waals surface area contributed by atoms with Gasteiger partial charge in [0, 0.05) is 5.88 Å². The summed E-state index contributed by atoms with van der Waals surface area (Å²) in [4.78, 5) is 4.26. The summed E-state index contributed by atoms with van der Waals surface area (Å²) in [6.07, 6.45) is 1.62. The Bertz CT molecular complexity index is 706. The van der Waals surface area contributed by atoms with Crippen LogP contribution in [0.15, 0.2) is 48.8 Å². The number of benzene rings is 2. The quantitative estimate of drug-likeness (QED) is 0.639. The predicted molar refractivity (Wildman–Crippen MR) is 70.6 cm³/mol. The van der Waals surface area contributed by atoms with E-state index in [1.54, 1.807) is 17.0 Å². The number of para-hydroxylation sites is 3. The zero-order valence-corrected chi connectivity index (χ0v) is 10.2. The van der Waals surface area contributed by atoms with Crippen molar-refractivity contribution in [1.82, 2.24) is 9.55 Å². The van der Waals surface area contributed by atoms with E-state index in [-0.39, 0.29) is 11.7 Å². The maximum absolute atomic E-state index is 14.0. The van der Waals surface area contributed by atoms with E-state index in [1.807, 2.05) is 30.3 Å². The number of rotatable bonds is 2. The Morgan fingerprint density at radius 1 is 1.11 bits per heavy atom. The van der Waals surface area contributed by atoms with E-state index in [0.717, 1.165) is 16.6 Å². The average Bonchev–Trinajstić information content (AvgIpc) is 2.82. The summed E-state index contributed by atoms with van der Waals surface area (Å²) in [7, 11) is 0. The molecule has 3 aromatic rings. The van der Waals surface area contributed by atoms with Gasteiger partial charge in [0.15, 0.2) is 0 Å². The van der Waals surface area contributed by atoms with Crippen LogP contribution in [0.5, 0.6) is 0 Å². The fourth-order valence-corrected chi connectivity index (χ4v) is 2.29. The molecule has 2 nitrogen and oxygen atoms in total. The SMILES string of the molecule is Fc1cccc(CCl)c1-n1cnc2ccccc21. The van der Waals surface area contributed by atoms with Crippen LogP contribution in [0.2, 0.25) is 0 Å². The van der Waals surface area contributed by atoms with Crippen molar-refractivity contribution in [3.05, 3.63) is 60.2 Å². The van der Waals surface area contributed by atoms with Crippen LogP contribution in [0.25, 0.3) is 16.7 Å². The summed E-state index contributed by atoms with van der Waals surface area (Å²) >= 11 is 5.87. The molecule has 0 aliphatic rings. The molecule has 0 aliphatic carbocycles. The molecule has 90 valence electrons. The van der Waals surface area contributed by atoms with E-state index < -0.39 is 0 Å². The Labute approximate surface area is 109 Å². The molecule has 0 bridgehead atoms. The smallest absolute Gasteiger partial charge is 0.147 e. The molecular weight excluding hydrogens is 251 g/mol. The van der Waals surface area contributed by atoms with E-state index in [2.05, 4.69) is 4.98 Å². The molecule has 1 aromatic heterocycles. The van der Waals surface area contributed by atoms with Crippen molar-refractivity contribution in [2.24, 2.45) is 0 Å². The van der Waals surface area contributed by atoms with Gasteiger partial charge >= 0.3 is 0 Å². The molecule has 0 N–H and O–H groups in total. The lowest BCUT2D eigenvalue weighted by atomic mass is 10.2. The first-order valence-corrected chi connectivity index (χ1v) is 6.10. The van der Waals surface area contributed by atoms with Gasteiger partial charge in [-0.2, -0.15) is 0 Å². The Morgan fingerprint density at radius 2 is 1.94 bits per heavy atom. The summed E-state index contributed by atoms with van der Waals surface area (Å²) in [6, 6.07) is 12.5. The number of alkyl halides is 1. The number of hydrogen-bond donors (Lipinski definition) is 0. The maximum Gasteiger partial charge on any atom is 0.147 e. The molecule has 0 spiro atoms. The minimum atomic E-state index is -0.295. The molecule has 0 amide bonds. The third-order valence-electron chi connectivity index (χ3n) is 2.91. The molecule has 0 radical (unpaired) electrons. The van der Waals surface area contributed by atoms with E-state index in [4.69, 9.17) is 11.6 Å². The zero-order valence-electron chi connectivity index (χ0n) is 9.48. The predicted octanol–water partition coefficient (Wildman–Crippen LogP) is 3.90. The second kappa shape index (κ2) is 4.42. The van der Waals surface area contributed by atoms with Crippen LogP contribution in [0.1, 0.15) is 5.56 Å². The molecule has 18 heavy (non-hydrogen) atoms. The molecule has 0 atom stereocenters. The fourth-order valence-electron chi connectivity index (χ4n) is 2.07. The van der Waals surface area contributed by atoms with Crippen molar-refractivity contribution in [3.8, 4) is 5.69 Å². The molecule has 0 aliphatic heterocycles. The third kappa shape index (κ3) is 1.68. The van der Waals surface area contributed by atoms with Crippen molar-refractivity contribution >= 4 is 22.6 Å². The van der Waals surface area contributed by atoms with Crippen molar-refractivity contribution in [2.75, 3.05) is 0 Å². The number of fused-ring (bicyclic) bond motifs is 1. The lowest BCUT2D eigenvalue weighted by Gasteiger charge is -2.10. The minimum Gasteiger partial charge on any atom is -0.296 e. The highest BCUT2D eigenvalue weighted by molar-refractivity contribution is 6.17. The van der Waals surface area contributed by atoms with Crippen molar-refractivity contribution in [3.63, 3.8) is 0 Å². The average molecular weight is 261 g/mol. The van der Waals surface area contributed by atoms with Gasteiger partial charge in [-0.1, -0.05) is 24.3 Å². The van der Waals surface area contributed by atoms with Gasteiger partial charge in [0.05, 0.1) is 16.7 Å². The monoisotopic (exact) mass is 260 g/mol. The zero-order chi connectivity index (χ0) is 12.5. The molecule has 0 unspecified atom stereocenters. The van der Waals surface area contributed by atoms with Crippen LogP contribution >= 0.6 is 11.6 Å². The molecule has 2 aromatic carbocycles. The van der Waals surface area contributed by atoms with E-state index in [9.17, 15) is 4.39 Å². The summed E-state index contributed by atoms with van der Waals surface area (Å²) in [5, 5.41) is 0. The fraction of sp³-hybridized carbons (Fsp3) is 0.0714. The van der Waals surface area contributed by atoms with Gasteiger partial charge in [-0.3, -0.25) is 4.57 Å². The number of nitrogens with zero attached hydrogens (tertiary/aromatic N) is 2. The summed E-state index contributed by atoms with van der Waals surface area (Å²) in [5.74, 6) is -0.0316. The van der Waals surface area contributed by atoms with Crippen molar-refractivity contribution in [1.29, 1.82) is 0 Å². The normalized spacial score (nSPS) is 11.0. The van der Waals surface area contributed by atoms with Crippen LogP contribution in [0.3, 0.4) is 0 Å². The van der Waals surface area contributed by atoms with Crippen molar-refractivity contribution < 1.29 is 4.39 Å². The molecular formula is C14H10ClFN2. The topological polar surface area (TPSA) is 17.8 Å². The van der Waals surface area contributed by atoms with E-state index in [1.165, 1.54) is 6.07 Å². The maximum atomic E-state index is 14.0. The van der Waals surface area contributed by atoms with Gasteiger partial charge in [0.25, 0.3) is 0 Å². The second-order valence-electron chi connectivity index (χ2n) is 3.98. The molecule has 4 heteroatoms. The minimum absolute atomic E-state index is 0.263. The third-order valence-corrected chi connectivity index (χ3v) is 3.20. The van der Waals surface area contributed by atoms with Gasteiger partial charge in [0.1, 0.15) is 12.1 Å². The highest BCUT2D eigenvalue weighted by Crippen LogP contribution is 2.24. The van der Waals surface area contributed by atoms with Crippen LogP contribution in [-0.4, -0.2) is 9.55 Å². The molecule has 0 fully saturated rings. The van der Waals surface area contributed by atoms with Crippen LogP contribution in [0.4, 0.5) is 4.39 Å². The Balaban J connectivity index is 2.33. The van der Waals surface area contributed by atoms with Crippen LogP contribution in [0, 0.1) is 5.82 Å².